The summed E-state index contributed by atoms with van der Waals surface area (Å²) in [5.41, 5.74) is 5.18. The number of aromatic nitrogens is 2. The van der Waals surface area contributed by atoms with E-state index in [0.29, 0.717) is 5.92 Å². The van der Waals surface area contributed by atoms with E-state index in [2.05, 4.69) is 62.4 Å². The molecule has 1 atom stereocenters. The number of nitrogens with zero attached hydrogens (tertiary/aromatic N) is 2. The zero-order chi connectivity index (χ0) is 15.4. The van der Waals surface area contributed by atoms with Crippen LogP contribution in [0, 0.1) is 6.92 Å². The zero-order valence-electron chi connectivity index (χ0n) is 13.9. The molecule has 114 valence electrons. The number of hydrogen-bond donors (Lipinski definition) is 1. The van der Waals surface area contributed by atoms with Gasteiger partial charge in [-0.25, -0.2) is 0 Å². The van der Waals surface area contributed by atoms with Gasteiger partial charge in [-0.15, -0.1) is 0 Å². The van der Waals surface area contributed by atoms with Crippen LogP contribution in [0.25, 0.3) is 0 Å². The van der Waals surface area contributed by atoms with Crippen LogP contribution in [0.1, 0.15) is 61.5 Å². The first-order valence-corrected chi connectivity index (χ1v) is 7.86. The molecule has 0 aliphatic rings. The average molecular weight is 285 g/mol. The van der Waals surface area contributed by atoms with Gasteiger partial charge in [0.15, 0.2) is 0 Å². The Morgan fingerprint density at radius 3 is 2.24 bits per heavy atom. The van der Waals surface area contributed by atoms with E-state index in [0.717, 1.165) is 13.0 Å². The fourth-order valence-electron chi connectivity index (χ4n) is 2.57. The minimum absolute atomic E-state index is 0.222. The Morgan fingerprint density at radius 1 is 1.14 bits per heavy atom. The first kappa shape index (κ1) is 15.8. The van der Waals surface area contributed by atoms with Crippen molar-refractivity contribution >= 4 is 0 Å². The number of aryl methyl sites for hydroxylation is 1. The standard InChI is InChI=1S/C18H27N3/c1-6-11-19-18(17-12-20-21(5)14(17)4)16-9-7-15(8-10-16)13(2)3/h7-10,12-13,18-19H,6,11H2,1-5H3. The van der Waals surface area contributed by atoms with Gasteiger partial charge in [0.2, 0.25) is 0 Å². The van der Waals surface area contributed by atoms with Crippen molar-refractivity contribution in [2.45, 2.75) is 46.1 Å². The van der Waals surface area contributed by atoms with E-state index in [1.807, 2.05) is 17.9 Å². The molecule has 0 radical (unpaired) electrons. The molecule has 0 saturated heterocycles. The molecule has 0 fully saturated rings. The van der Waals surface area contributed by atoms with Crippen LogP contribution in [0.5, 0.6) is 0 Å². The number of rotatable bonds is 6. The second-order valence-corrected chi connectivity index (χ2v) is 6.02. The van der Waals surface area contributed by atoms with Gasteiger partial charge in [0.1, 0.15) is 0 Å². The van der Waals surface area contributed by atoms with Gasteiger partial charge in [0.05, 0.1) is 12.2 Å². The van der Waals surface area contributed by atoms with Crippen LogP contribution in [0.3, 0.4) is 0 Å². The topological polar surface area (TPSA) is 29.9 Å². The maximum Gasteiger partial charge on any atom is 0.0610 e. The van der Waals surface area contributed by atoms with E-state index >= 15 is 0 Å². The third-order valence-electron chi connectivity index (χ3n) is 4.12. The number of benzene rings is 1. The monoisotopic (exact) mass is 285 g/mol. The highest BCUT2D eigenvalue weighted by Crippen LogP contribution is 2.26. The molecule has 2 aromatic rings. The second kappa shape index (κ2) is 6.90. The Morgan fingerprint density at radius 2 is 1.76 bits per heavy atom. The molecule has 1 heterocycles. The van der Waals surface area contributed by atoms with E-state index in [1.54, 1.807) is 0 Å². The van der Waals surface area contributed by atoms with Crippen molar-refractivity contribution in [2.75, 3.05) is 6.54 Å². The molecular weight excluding hydrogens is 258 g/mol. The third kappa shape index (κ3) is 3.53. The Bertz CT molecular complexity index is 567. The SMILES string of the molecule is CCCNC(c1ccc(C(C)C)cc1)c1cnn(C)c1C. The summed E-state index contributed by atoms with van der Waals surface area (Å²) in [4.78, 5) is 0. The molecule has 1 aromatic carbocycles. The first-order chi connectivity index (χ1) is 10.0. The van der Waals surface area contributed by atoms with Gasteiger partial charge in [-0.3, -0.25) is 4.68 Å². The highest BCUT2D eigenvalue weighted by Gasteiger charge is 2.18. The molecule has 0 aliphatic heterocycles. The molecule has 1 unspecified atom stereocenters. The molecule has 0 saturated carbocycles. The van der Waals surface area contributed by atoms with E-state index < -0.39 is 0 Å². The average Bonchev–Trinajstić information content (AvgIpc) is 2.80. The number of hydrogen-bond acceptors (Lipinski definition) is 2. The van der Waals surface area contributed by atoms with E-state index in [-0.39, 0.29) is 6.04 Å². The smallest absolute Gasteiger partial charge is 0.0610 e. The lowest BCUT2D eigenvalue weighted by molar-refractivity contribution is 0.594. The molecule has 0 aliphatic carbocycles. The maximum absolute atomic E-state index is 4.39. The van der Waals surface area contributed by atoms with Crippen LogP contribution in [-0.2, 0) is 7.05 Å². The highest BCUT2D eigenvalue weighted by molar-refractivity contribution is 5.35. The van der Waals surface area contributed by atoms with Crippen molar-refractivity contribution in [3.8, 4) is 0 Å². The van der Waals surface area contributed by atoms with Gasteiger partial charge >= 0.3 is 0 Å². The van der Waals surface area contributed by atoms with Crippen molar-refractivity contribution in [3.05, 3.63) is 52.8 Å². The van der Waals surface area contributed by atoms with Crippen LogP contribution in [-0.4, -0.2) is 16.3 Å². The van der Waals surface area contributed by atoms with Crippen molar-refractivity contribution in [1.29, 1.82) is 0 Å². The van der Waals surface area contributed by atoms with Crippen LogP contribution in [0.4, 0.5) is 0 Å². The summed E-state index contributed by atoms with van der Waals surface area (Å²) in [5, 5.41) is 8.04. The van der Waals surface area contributed by atoms with Crippen molar-refractivity contribution in [3.63, 3.8) is 0 Å². The van der Waals surface area contributed by atoms with Crippen molar-refractivity contribution in [1.82, 2.24) is 15.1 Å². The van der Waals surface area contributed by atoms with Gasteiger partial charge in [0.25, 0.3) is 0 Å². The highest BCUT2D eigenvalue weighted by atomic mass is 15.3. The maximum atomic E-state index is 4.39. The summed E-state index contributed by atoms with van der Waals surface area (Å²) < 4.78 is 1.94. The van der Waals surface area contributed by atoms with Crippen LogP contribution < -0.4 is 5.32 Å². The fraction of sp³-hybridized carbons (Fsp3) is 0.500. The Labute approximate surface area is 128 Å². The molecule has 1 aromatic heterocycles. The number of nitrogens with one attached hydrogen (secondary N) is 1. The van der Waals surface area contributed by atoms with E-state index in [4.69, 9.17) is 0 Å². The lowest BCUT2D eigenvalue weighted by Crippen LogP contribution is -2.23. The van der Waals surface area contributed by atoms with E-state index in [9.17, 15) is 0 Å². The molecule has 3 heteroatoms. The van der Waals surface area contributed by atoms with Gasteiger partial charge < -0.3 is 5.32 Å². The molecule has 1 N–H and O–H groups in total. The molecule has 21 heavy (non-hydrogen) atoms. The molecule has 0 spiro atoms. The summed E-state index contributed by atoms with van der Waals surface area (Å²) in [5.74, 6) is 0.571. The van der Waals surface area contributed by atoms with E-state index in [1.165, 1.54) is 22.4 Å². The van der Waals surface area contributed by atoms with Gasteiger partial charge in [0, 0.05) is 18.3 Å². The lowest BCUT2D eigenvalue weighted by Gasteiger charge is -2.20. The van der Waals surface area contributed by atoms with Gasteiger partial charge in [-0.1, -0.05) is 45.0 Å². The largest absolute Gasteiger partial charge is 0.306 e. The Balaban J connectivity index is 2.33. The predicted octanol–water partition coefficient (Wildman–Crippen LogP) is 3.94. The minimum Gasteiger partial charge on any atom is -0.306 e. The summed E-state index contributed by atoms with van der Waals surface area (Å²) >= 11 is 0. The van der Waals surface area contributed by atoms with Gasteiger partial charge in [-0.2, -0.15) is 5.10 Å². The summed E-state index contributed by atoms with van der Waals surface area (Å²) in [7, 11) is 2.00. The molecular formula is C18H27N3. The molecule has 3 nitrogen and oxygen atoms in total. The zero-order valence-corrected chi connectivity index (χ0v) is 13.9. The van der Waals surface area contributed by atoms with Gasteiger partial charge in [-0.05, 0) is 36.9 Å². The molecule has 2 rings (SSSR count). The first-order valence-electron chi connectivity index (χ1n) is 7.86. The fourth-order valence-corrected chi connectivity index (χ4v) is 2.57. The molecule has 0 amide bonds. The minimum atomic E-state index is 0.222. The molecule has 0 bridgehead atoms. The second-order valence-electron chi connectivity index (χ2n) is 6.02. The lowest BCUT2D eigenvalue weighted by atomic mass is 9.95. The predicted molar refractivity (Wildman–Crippen MR) is 88.6 cm³/mol. The normalized spacial score (nSPS) is 12.9. The van der Waals surface area contributed by atoms with Crippen molar-refractivity contribution < 1.29 is 0 Å². The Hall–Kier alpha value is -1.61. The van der Waals surface area contributed by atoms with Crippen LogP contribution >= 0.6 is 0 Å². The van der Waals surface area contributed by atoms with Crippen molar-refractivity contribution in [2.24, 2.45) is 7.05 Å². The Kier molecular flexibility index (Phi) is 5.18. The summed E-state index contributed by atoms with van der Waals surface area (Å²) in [6, 6.07) is 9.20. The summed E-state index contributed by atoms with van der Waals surface area (Å²) in [6.45, 7) is 9.79. The van der Waals surface area contributed by atoms with Crippen LogP contribution in [0.2, 0.25) is 0 Å². The quantitative estimate of drug-likeness (QED) is 0.871. The third-order valence-corrected chi connectivity index (χ3v) is 4.12. The van der Waals surface area contributed by atoms with Crippen LogP contribution in [0.15, 0.2) is 30.5 Å². The summed E-state index contributed by atoms with van der Waals surface area (Å²) in [6.07, 6.45) is 3.11.